The monoisotopic (exact) mass is 553 g/mol. The quantitative estimate of drug-likeness (QED) is 0.176. The number of rotatable bonds is 14. The van der Waals surface area contributed by atoms with E-state index < -0.39 is 47.9 Å². The maximum atomic E-state index is 13.1. The highest BCUT2D eigenvalue weighted by Gasteiger charge is 2.29. The third-order valence-electron chi connectivity index (χ3n) is 6.34. The second-order valence-electron chi connectivity index (χ2n) is 9.33. The highest BCUT2D eigenvalue weighted by Crippen LogP contribution is 2.19. The second-order valence-corrected chi connectivity index (χ2v) is 10.3. The summed E-state index contributed by atoms with van der Waals surface area (Å²) < 4.78 is 0. The molecule has 11 heteroatoms. The average Bonchev–Trinajstić information content (AvgIpc) is 3.33. The lowest BCUT2D eigenvalue weighted by molar-refractivity contribution is -0.142. The van der Waals surface area contributed by atoms with E-state index in [1.54, 1.807) is 6.20 Å². The Labute approximate surface area is 231 Å². The van der Waals surface area contributed by atoms with E-state index in [4.69, 9.17) is 5.73 Å². The van der Waals surface area contributed by atoms with Crippen molar-refractivity contribution in [2.75, 3.05) is 12.0 Å². The average molecular weight is 554 g/mol. The van der Waals surface area contributed by atoms with Gasteiger partial charge >= 0.3 is 5.97 Å². The van der Waals surface area contributed by atoms with Crippen LogP contribution in [0.5, 0.6) is 0 Å². The first-order chi connectivity index (χ1) is 18.7. The van der Waals surface area contributed by atoms with Gasteiger partial charge in [0.15, 0.2) is 0 Å². The maximum Gasteiger partial charge on any atom is 0.326 e. The van der Waals surface area contributed by atoms with Gasteiger partial charge in [0.25, 0.3) is 0 Å². The number of aliphatic carboxylic acids is 1. The third kappa shape index (κ3) is 8.59. The second kappa shape index (κ2) is 14.4. The zero-order valence-electron chi connectivity index (χ0n) is 22.0. The molecule has 1 heterocycles. The predicted molar refractivity (Wildman–Crippen MR) is 152 cm³/mol. The van der Waals surface area contributed by atoms with Gasteiger partial charge < -0.3 is 31.8 Å². The lowest BCUT2D eigenvalue weighted by Crippen LogP contribution is -2.56. The summed E-state index contributed by atoms with van der Waals surface area (Å²) in [6, 6.07) is 12.8. The van der Waals surface area contributed by atoms with E-state index in [9.17, 15) is 24.3 Å². The van der Waals surface area contributed by atoms with E-state index in [1.807, 2.05) is 60.9 Å². The van der Waals surface area contributed by atoms with Crippen molar-refractivity contribution in [1.82, 2.24) is 20.9 Å². The Morgan fingerprint density at radius 1 is 0.897 bits per heavy atom. The van der Waals surface area contributed by atoms with Gasteiger partial charge in [-0.2, -0.15) is 11.8 Å². The summed E-state index contributed by atoms with van der Waals surface area (Å²) in [6.45, 7) is 1.50. The van der Waals surface area contributed by atoms with Crippen LogP contribution in [-0.2, 0) is 32.0 Å². The predicted octanol–water partition coefficient (Wildman–Crippen LogP) is 1.59. The first kappa shape index (κ1) is 29.7. The first-order valence-corrected chi connectivity index (χ1v) is 14.1. The number of carbonyl (C=O) groups excluding carboxylic acids is 3. The Kier molecular flexibility index (Phi) is 10.9. The lowest BCUT2D eigenvalue weighted by Gasteiger charge is -2.23. The summed E-state index contributed by atoms with van der Waals surface area (Å²) in [5, 5.41) is 18.5. The number of carbonyl (C=O) groups is 4. The number of nitrogens with two attached hydrogens (primary N) is 1. The molecule has 3 rings (SSSR count). The number of fused-ring (bicyclic) bond motifs is 1. The molecule has 4 unspecified atom stereocenters. The molecule has 0 saturated heterocycles. The van der Waals surface area contributed by atoms with Crippen LogP contribution in [-0.4, -0.2) is 70.0 Å². The zero-order valence-corrected chi connectivity index (χ0v) is 22.8. The standard InChI is InChI=1S/C28H35N5O5S/c1-17(31-26(35)21(29)14-18-8-4-3-5-9-18)25(34)32-23(12-13-39-2)27(36)33-24(28(37)38)15-19-16-30-22-11-7-6-10-20(19)22/h3-11,16-17,21,23-24,30H,12-15,29H2,1-2H3,(H,31,35)(H,32,34)(H,33,36)(H,37,38). The van der Waals surface area contributed by atoms with Crippen molar-refractivity contribution in [3.05, 3.63) is 71.9 Å². The largest absolute Gasteiger partial charge is 0.480 e. The van der Waals surface area contributed by atoms with Crippen molar-refractivity contribution in [2.24, 2.45) is 5.73 Å². The number of nitrogens with one attached hydrogen (secondary N) is 4. The Morgan fingerprint density at radius 3 is 2.26 bits per heavy atom. The summed E-state index contributed by atoms with van der Waals surface area (Å²) in [5.74, 6) is -2.29. The summed E-state index contributed by atoms with van der Waals surface area (Å²) in [6.07, 6.45) is 4.26. The van der Waals surface area contributed by atoms with Gasteiger partial charge in [-0.15, -0.1) is 0 Å². The number of hydrogen-bond acceptors (Lipinski definition) is 6. The van der Waals surface area contributed by atoms with Crippen LogP contribution in [0.15, 0.2) is 60.8 Å². The molecule has 3 amide bonds. The Bertz CT molecular complexity index is 1280. The molecule has 3 aromatic rings. The van der Waals surface area contributed by atoms with E-state index >= 15 is 0 Å². The Hall–Kier alpha value is -3.83. The van der Waals surface area contributed by atoms with Crippen LogP contribution >= 0.6 is 11.8 Å². The minimum absolute atomic E-state index is 0.0695. The summed E-state index contributed by atoms with van der Waals surface area (Å²) >= 11 is 1.49. The van der Waals surface area contributed by atoms with Gasteiger partial charge in [-0.1, -0.05) is 48.5 Å². The Morgan fingerprint density at radius 2 is 1.56 bits per heavy atom. The maximum absolute atomic E-state index is 13.1. The number of carboxylic acids is 1. The molecule has 208 valence electrons. The van der Waals surface area contributed by atoms with Crippen LogP contribution in [0.4, 0.5) is 0 Å². The molecule has 0 fully saturated rings. The molecule has 0 bridgehead atoms. The van der Waals surface area contributed by atoms with Crippen molar-refractivity contribution in [1.29, 1.82) is 0 Å². The number of H-pyrrole nitrogens is 1. The van der Waals surface area contributed by atoms with Crippen molar-refractivity contribution in [2.45, 2.75) is 50.4 Å². The van der Waals surface area contributed by atoms with Crippen molar-refractivity contribution < 1.29 is 24.3 Å². The molecular formula is C28H35N5O5S. The van der Waals surface area contributed by atoms with Crippen LogP contribution in [0.1, 0.15) is 24.5 Å². The molecule has 0 spiro atoms. The molecule has 0 radical (unpaired) electrons. The zero-order chi connectivity index (χ0) is 28.4. The summed E-state index contributed by atoms with van der Waals surface area (Å²) in [4.78, 5) is 53.7. The molecule has 1 aromatic heterocycles. The molecule has 0 aliphatic carbocycles. The Balaban J connectivity index is 1.61. The van der Waals surface area contributed by atoms with Crippen LogP contribution in [0.25, 0.3) is 10.9 Å². The molecular weight excluding hydrogens is 518 g/mol. The number of carboxylic acid groups (broad SMARTS) is 1. The molecule has 39 heavy (non-hydrogen) atoms. The topological polar surface area (TPSA) is 166 Å². The van der Waals surface area contributed by atoms with Crippen molar-refractivity contribution in [3.63, 3.8) is 0 Å². The number of aromatic amines is 1. The first-order valence-electron chi connectivity index (χ1n) is 12.7. The van der Waals surface area contributed by atoms with Crippen LogP contribution in [0, 0.1) is 0 Å². The van der Waals surface area contributed by atoms with Crippen LogP contribution < -0.4 is 21.7 Å². The molecule has 7 N–H and O–H groups in total. The van der Waals surface area contributed by atoms with E-state index in [-0.39, 0.29) is 12.8 Å². The van der Waals surface area contributed by atoms with Crippen molar-refractivity contribution >= 4 is 46.4 Å². The van der Waals surface area contributed by atoms with Gasteiger partial charge in [0.05, 0.1) is 6.04 Å². The number of hydrogen-bond donors (Lipinski definition) is 6. The normalized spacial score (nSPS) is 14.1. The number of thioether (sulfide) groups is 1. The minimum Gasteiger partial charge on any atom is -0.480 e. The van der Waals surface area contributed by atoms with Gasteiger partial charge in [-0.3, -0.25) is 14.4 Å². The summed E-state index contributed by atoms with van der Waals surface area (Å²) in [7, 11) is 0. The number of amides is 3. The number of aromatic nitrogens is 1. The fourth-order valence-corrected chi connectivity index (χ4v) is 4.61. The van der Waals surface area contributed by atoms with E-state index in [1.165, 1.54) is 18.7 Å². The summed E-state index contributed by atoms with van der Waals surface area (Å²) in [5.41, 5.74) is 8.54. The van der Waals surface area contributed by atoms with Crippen molar-refractivity contribution in [3.8, 4) is 0 Å². The molecule has 10 nitrogen and oxygen atoms in total. The fraction of sp³-hybridized carbons (Fsp3) is 0.357. The SMILES string of the molecule is CSCCC(NC(=O)C(C)NC(=O)C(N)Cc1ccccc1)C(=O)NC(Cc1c[nH]c2ccccc12)C(=O)O. The lowest BCUT2D eigenvalue weighted by atomic mass is 10.0. The van der Waals surface area contributed by atoms with Gasteiger partial charge in [-0.05, 0) is 49.0 Å². The number of para-hydroxylation sites is 1. The molecule has 4 atom stereocenters. The molecule has 2 aromatic carbocycles. The van der Waals surface area contributed by atoms with Gasteiger partial charge in [0.1, 0.15) is 18.1 Å². The van der Waals surface area contributed by atoms with E-state index in [2.05, 4.69) is 20.9 Å². The molecule has 0 aliphatic heterocycles. The highest BCUT2D eigenvalue weighted by atomic mass is 32.2. The van der Waals surface area contributed by atoms with Gasteiger partial charge in [0, 0.05) is 23.5 Å². The third-order valence-corrected chi connectivity index (χ3v) is 6.99. The van der Waals surface area contributed by atoms with Gasteiger partial charge in [-0.25, -0.2) is 4.79 Å². The molecule has 0 aliphatic rings. The highest BCUT2D eigenvalue weighted by molar-refractivity contribution is 7.98. The van der Waals surface area contributed by atoms with Gasteiger partial charge in [0.2, 0.25) is 17.7 Å². The van der Waals surface area contributed by atoms with Crippen LogP contribution in [0.3, 0.4) is 0 Å². The smallest absolute Gasteiger partial charge is 0.326 e. The number of benzene rings is 2. The molecule has 0 saturated carbocycles. The fourth-order valence-electron chi connectivity index (χ4n) is 4.14. The van der Waals surface area contributed by atoms with Crippen LogP contribution in [0.2, 0.25) is 0 Å². The van der Waals surface area contributed by atoms with E-state index in [0.717, 1.165) is 22.0 Å². The van der Waals surface area contributed by atoms with E-state index in [0.29, 0.717) is 12.2 Å². The minimum atomic E-state index is -1.20.